The monoisotopic (exact) mass is 270 g/mol. The van der Waals surface area contributed by atoms with Crippen molar-refractivity contribution in [1.29, 1.82) is 0 Å². The molecule has 0 aliphatic heterocycles. The van der Waals surface area contributed by atoms with Crippen LogP contribution in [0.2, 0.25) is 0 Å². The summed E-state index contributed by atoms with van der Waals surface area (Å²) in [5, 5.41) is 0.959. The zero-order chi connectivity index (χ0) is 14.0. The molecular formula is C14H17F3N2. The third kappa shape index (κ3) is 3.50. The lowest BCUT2D eigenvalue weighted by atomic mass is 10.0. The van der Waals surface area contributed by atoms with E-state index in [1.165, 1.54) is 0 Å². The molecule has 1 aromatic heterocycles. The van der Waals surface area contributed by atoms with Gasteiger partial charge in [-0.25, -0.2) is 0 Å². The standard InChI is InChI=1S/C14H17F3N2/c1-10(18)9-12-4-2-3-11-5-7-19(13(11)12)8-6-14(15,16)17/h2-5,7,10H,6,8-9,18H2,1H3. The molecule has 0 saturated heterocycles. The summed E-state index contributed by atoms with van der Waals surface area (Å²) in [5.41, 5.74) is 7.65. The van der Waals surface area contributed by atoms with Crippen LogP contribution in [0.4, 0.5) is 13.2 Å². The molecular weight excluding hydrogens is 253 g/mol. The summed E-state index contributed by atoms with van der Waals surface area (Å²) in [4.78, 5) is 0. The van der Waals surface area contributed by atoms with Crippen LogP contribution in [0.3, 0.4) is 0 Å². The summed E-state index contributed by atoms with van der Waals surface area (Å²) in [6, 6.07) is 7.57. The van der Waals surface area contributed by atoms with E-state index in [0.717, 1.165) is 16.5 Å². The van der Waals surface area contributed by atoms with E-state index in [9.17, 15) is 13.2 Å². The SMILES string of the molecule is CC(N)Cc1cccc2ccn(CCC(F)(F)F)c12. The molecule has 0 spiro atoms. The maximum Gasteiger partial charge on any atom is 0.390 e. The first kappa shape index (κ1) is 13.9. The second-order valence-corrected chi connectivity index (χ2v) is 4.91. The number of aromatic nitrogens is 1. The molecule has 1 atom stereocenters. The van der Waals surface area contributed by atoms with E-state index < -0.39 is 12.6 Å². The van der Waals surface area contributed by atoms with Crippen LogP contribution in [0.25, 0.3) is 10.9 Å². The van der Waals surface area contributed by atoms with Crippen molar-refractivity contribution in [2.45, 2.75) is 38.5 Å². The molecule has 0 aliphatic carbocycles. The zero-order valence-electron chi connectivity index (χ0n) is 10.7. The number of fused-ring (bicyclic) bond motifs is 1. The summed E-state index contributed by atoms with van der Waals surface area (Å²) in [6.07, 6.45) is -2.58. The van der Waals surface area contributed by atoms with Gasteiger partial charge in [0.25, 0.3) is 0 Å². The van der Waals surface area contributed by atoms with Crippen molar-refractivity contribution in [3.05, 3.63) is 36.0 Å². The maximum absolute atomic E-state index is 12.3. The Morgan fingerprint density at radius 1 is 1.26 bits per heavy atom. The van der Waals surface area contributed by atoms with Crippen LogP contribution >= 0.6 is 0 Å². The van der Waals surface area contributed by atoms with E-state index in [2.05, 4.69) is 0 Å². The number of rotatable bonds is 4. The lowest BCUT2D eigenvalue weighted by molar-refractivity contribution is -0.136. The molecule has 1 unspecified atom stereocenters. The average molecular weight is 270 g/mol. The van der Waals surface area contributed by atoms with Crippen LogP contribution in [0.15, 0.2) is 30.5 Å². The summed E-state index contributed by atoms with van der Waals surface area (Å²) >= 11 is 0. The number of nitrogens with zero attached hydrogens (tertiary/aromatic N) is 1. The predicted octanol–water partition coefficient (Wildman–Crippen LogP) is 3.48. The zero-order valence-corrected chi connectivity index (χ0v) is 10.7. The summed E-state index contributed by atoms with van der Waals surface area (Å²) < 4.78 is 38.6. The van der Waals surface area contributed by atoms with E-state index in [-0.39, 0.29) is 12.6 Å². The van der Waals surface area contributed by atoms with Crippen molar-refractivity contribution in [3.8, 4) is 0 Å². The van der Waals surface area contributed by atoms with E-state index in [4.69, 9.17) is 5.73 Å². The van der Waals surface area contributed by atoms with Gasteiger partial charge in [-0.15, -0.1) is 0 Å². The largest absolute Gasteiger partial charge is 0.390 e. The number of halogens is 3. The fourth-order valence-electron chi connectivity index (χ4n) is 2.29. The number of benzene rings is 1. The molecule has 1 heterocycles. The van der Waals surface area contributed by atoms with Gasteiger partial charge in [-0.05, 0) is 30.4 Å². The lowest BCUT2D eigenvalue weighted by Crippen LogP contribution is -2.18. The number of para-hydroxylation sites is 1. The summed E-state index contributed by atoms with van der Waals surface area (Å²) in [5.74, 6) is 0. The van der Waals surface area contributed by atoms with Crippen LogP contribution in [-0.4, -0.2) is 16.8 Å². The molecule has 19 heavy (non-hydrogen) atoms. The first-order chi connectivity index (χ1) is 8.87. The number of aryl methyl sites for hydroxylation is 1. The van der Waals surface area contributed by atoms with Crippen LogP contribution in [0, 0.1) is 0 Å². The molecule has 2 rings (SSSR count). The minimum absolute atomic E-state index is 0.0171. The number of hydrogen-bond acceptors (Lipinski definition) is 1. The van der Waals surface area contributed by atoms with Gasteiger partial charge in [0, 0.05) is 18.8 Å². The van der Waals surface area contributed by atoms with Crippen LogP contribution in [-0.2, 0) is 13.0 Å². The topological polar surface area (TPSA) is 30.9 Å². The maximum atomic E-state index is 12.3. The fourth-order valence-corrected chi connectivity index (χ4v) is 2.29. The Morgan fingerprint density at radius 2 is 2.00 bits per heavy atom. The van der Waals surface area contributed by atoms with E-state index in [1.54, 1.807) is 10.8 Å². The second-order valence-electron chi connectivity index (χ2n) is 4.91. The van der Waals surface area contributed by atoms with Gasteiger partial charge in [-0.1, -0.05) is 18.2 Å². The second kappa shape index (κ2) is 5.25. The van der Waals surface area contributed by atoms with Crippen molar-refractivity contribution in [2.24, 2.45) is 5.73 Å². The van der Waals surface area contributed by atoms with Crippen molar-refractivity contribution in [1.82, 2.24) is 4.57 Å². The van der Waals surface area contributed by atoms with E-state index in [1.807, 2.05) is 31.2 Å². The first-order valence-corrected chi connectivity index (χ1v) is 6.26. The van der Waals surface area contributed by atoms with Gasteiger partial charge < -0.3 is 10.3 Å². The Morgan fingerprint density at radius 3 is 2.63 bits per heavy atom. The Balaban J connectivity index is 2.34. The third-order valence-electron chi connectivity index (χ3n) is 3.05. The summed E-state index contributed by atoms with van der Waals surface area (Å²) in [6.45, 7) is 1.84. The molecule has 0 radical (unpaired) electrons. The van der Waals surface area contributed by atoms with Crippen molar-refractivity contribution < 1.29 is 13.2 Å². The molecule has 0 amide bonds. The Labute approximate surface area is 110 Å². The molecule has 0 aliphatic rings. The molecule has 1 aromatic carbocycles. The average Bonchev–Trinajstić information content (AvgIpc) is 2.69. The van der Waals surface area contributed by atoms with Gasteiger partial charge in [0.1, 0.15) is 0 Å². The number of hydrogen-bond donors (Lipinski definition) is 1. The van der Waals surface area contributed by atoms with Gasteiger partial charge in [-0.3, -0.25) is 0 Å². The van der Waals surface area contributed by atoms with Crippen LogP contribution in [0.1, 0.15) is 18.9 Å². The van der Waals surface area contributed by atoms with Gasteiger partial charge in [0.2, 0.25) is 0 Å². The first-order valence-electron chi connectivity index (χ1n) is 6.26. The highest BCUT2D eigenvalue weighted by Crippen LogP contribution is 2.25. The van der Waals surface area contributed by atoms with Crippen molar-refractivity contribution in [2.75, 3.05) is 0 Å². The molecule has 5 heteroatoms. The molecule has 2 aromatic rings. The molecule has 0 bridgehead atoms. The number of nitrogens with two attached hydrogens (primary N) is 1. The molecule has 2 nitrogen and oxygen atoms in total. The normalized spacial score (nSPS) is 13.9. The van der Waals surface area contributed by atoms with Gasteiger partial charge >= 0.3 is 6.18 Å². The van der Waals surface area contributed by atoms with Gasteiger partial charge in [-0.2, -0.15) is 13.2 Å². The van der Waals surface area contributed by atoms with E-state index >= 15 is 0 Å². The molecule has 0 fully saturated rings. The molecule has 0 saturated carbocycles. The quantitative estimate of drug-likeness (QED) is 0.906. The highest BCUT2D eigenvalue weighted by molar-refractivity contribution is 5.83. The third-order valence-corrected chi connectivity index (χ3v) is 3.05. The minimum Gasteiger partial charge on any atom is -0.347 e. The van der Waals surface area contributed by atoms with Gasteiger partial charge in [0.15, 0.2) is 0 Å². The Hall–Kier alpha value is -1.49. The van der Waals surface area contributed by atoms with Crippen LogP contribution < -0.4 is 5.73 Å². The minimum atomic E-state index is -4.13. The molecule has 104 valence electrons. The predicted molar refractivity (Wildman–Crippen MR) is 70.0 cm³/mol. The van der Waals surface area contributed by atoms with Crippen molar-refractivity contribution >= 4 is 10.9 Å². The fraction of sp³-hybridized carbons (Fsp3) is 0.429. The van der Waals surface area contributed by atoms with Gasteiger partial charge in [0.05, 0.1) is 11.9 Å². The summed E-state index contributed by atoms with van der Waals surface area (Å²) in [7, 11) is 0. The van der Waals surface area contributed by atoms with Crippen LogP contribution in [0.5, 0.6) is 0 Å². The van der Waals surface area contributed by atoms with E-state index in [0.29, 0.717) is 6.42 Å². The highest BCUT2D eigenvalue weighted by atomic mass is 19.4. The Kier molecular flexibility index (Phi) is 3.85. The molecule has 2 N–H and O–H groups in total. The highest BCUT2D eigenvalue weighted by Gasteiger charge is 2.26. The number of alkyl halides is 3. The van der Waals surface area contributed by atoms with Crippen molar-refractivity contribution in [3.63, 3.8) is 0 Å². The Bertz CT molecular complexity index is 555. The smallest absolute Gasteiger partial charge is 0.347 e. The lowest BCUT2D eigenvalue weighted by Gasteiger charge is -2.12.